The molecule has 22 heavy (non-hydrogen) atoms. The van der Waals surface area contributed by atoms with Crippen LogP contribution in [0.25, 0.3) is 10.8 Å². The Hall–Kier alpha value is -2.12. The minimum atomic E-state index is -3.60. The molecule has 0 spiro atoms. The highest BCUT2D eigenvalue weighted by atomic mass is 32.2. The molecule has 1 heterocycles. The molecule has 1 amide bonds. The summed E-state index contributed by atoms with van der Waals surface area (Å²) in [4.78, 5) is 13.8. The van der Waals surface area contributed by atoms with E-state index in [4.69, 9.17) is 5.14 Å². The summed E-state index contributed by atoms with van der Waals surface area (Å²) < 4.78 is 22.4. The molecule has 6 nitrogen and oxygen atoms in total. The fraction of sp³-hybridized carbons (Fsp3) is 0.267. The van der Waals surface area contributed by atoms with Crippen molar-refractivity contribution < 1.29 is 18.3 Å². The van der Waals surface area contributed by atoms with E-state index in [1.165, 1.54) is 0 Å². The average Bonchev–Trinajstić information content (AvgIpc) is 2.77. The van der Waals surface area contributed by atoms with Gasteiger partial charge in [0, 0.05) is 29.7 Å². The van der Waals surface area contributed by atoms with E-state index in [0.717, 1.165) is 5.39 Å². The number of hydrogen-bond acceptors (Lipinski definition) is 4. The summed E-state index contributed by atoms with van der Waals surface area (Å²) in [7, 11) is -3.60. The van der Waals surface area contributed by atoms with E-state index >= 15 is 0 Å². The minimum Gasteiger partial charge on any atom is -0.507 e. The number of rotatable bonds is 3. The Morgan fingerprint density at radius 3 is 2.59 bits per heavy atom. The molecule has 2 aromatic rings. The number of nitrogens with zero attached hydrogens (tertiary/aromatic N) is 1. The van der Waals surface area contributed by atoms with Crippen LogP contribution in [0.1, 0.15) is 6.42 Å². The summed E-state index contributed by atoms with van der Waals surface area (Å²) in [5, 5.41) is 16.4. The molecule has 116 valence electrons. The third-order valence-corrected chi connectivity index (χ3v) is 4.78. The zero-order valence-electron chi connectivity index (χ0n) is 11.8. The number of anilines is 1. The van der Waals surface area contributed by atoms with Crippen molar-refractivity contribution in [1.82, 2.24) is 0 Å². The average molecular weight is 320 g/mol. The number of hydrogen-bond donors (Lipinski definition) is 2. The molecule has 7 heteroatoms. The monoisotopic (exact) mass is 320 g/mol. The molecule has 1 aliphatic rings. The first kappa shape index (κ1) is 14.8. The fourth-order valence-corrected chi connectivity index (χ4v) is 3.85. The van der Waals surface area contributed by atoms with E-state index in [1.807, 2.05) is 6.07 Å². The molecule has 1 aliphatic heterocycles. The topological polar surface area (TPSA) is 101 Å². The molecular weight excluding hydrogens is 304 g/mol. The van der Waals surface area contributed by atoms with Crippen LogP contribution in [-0.4, -0.2) is 31.7 Å². The van der Waals surface area contributed by atoms with Gasteiger partial charge in [-0.2, -0.15) is 0 Å². The van der Waals surface area contributed by atoms with Crippen LogP contribution in [0.15, 0.2) is 36.4 Å². The Morgan fingerprint density at radius 1 is 1.18 bits per heavy atom. The van der Waals surface area contributed by atoms with Gasteiger partial charge in [-0.1, -0.05) is 24.3 Å². The second-order valence-electron chi connectivity index (χ2n) is 5.55. The quantitative estimate of drug-likeness (QED) is 0.887. The van der Waals surface area contributed by atoms with Crippen LogP contribution < -0.4 is 10.0 Å². The molecule has 0 radical (unpaired) electrons. The smallest absolute Gasteiger partial charge is 0.227 e. The van der Waals surface area contributed by atoms with Crippen molar-refractivity contribution in [1.29, 1.82) is 0 Å². The molecule has 0 bridgehead atoms. The number of nitrogens with two attached hydrogens (primary N) is 1. The Kier molecular flexibility index (Phi) is 3.54. The number of fused-ring (bicyclic) bond motifs is 1. The van der Waals surface area contributed by atoms with Gasteiger partial charge in [-0.3, -0.25) is 4.79 Å². The zero-order valence-corrected chi connectivity index (χ0v) is 12.6. The third kappa shape index (κ3) is 2.77. The molecule has 3 rings (SSSR count). The molecule has 1 saturated heterocycles. The van der Waals surface area contributed by atoms with Crippen LogP contribution in [0.3, 0.4) is 0 Å². The lowest BCUT2D eigenvalue weighted by molar-refractivity contribution is -0.117. The van der Waals surface area contributed by atoms with Crippen molar-refractivity contribution >= 4 is 32.4 Å². The van der Waals surface area contributed by atoms with E-state index in [0.29, 0.717) is 17.6 Å². The predicted molar refractivity (Wildman–Crippen MR) is 84.0 cm³/mol. The lowest BCUT2D eigenvalue weighted by atomic mass is 10.1. The van der Waals surface area contributed by atoms with Crippen LogP contribution in [0, 0.1) is 5.92 Å². The summed E-state index contributed by atoms with van der Waals surface area (Å²) >= 11 is 0. The van der Waals surface area contributed by atoms with E-state index in [2.05, 4.69) is 0 Å². The van der Waals surface area contributed by atoms with E-state index in [9.17, 15) is 18.3 Å². The van der Waals surface area contributed by atoms with Gasteiger partial charge in [0.2, 0.25) is 15.9 Å². The minimum absolute atomic E-state index is 0.135. The molecule has 0 saturated carbocycles. The lowest BCUT2D eigenvalue weighted by Crippen LogP contribution is -2.27. The number of amides is 1. The van der Waals surface area contributed by atoms with E-state index < -0.39 is 10.0 Å². The standard InChI is InChI=1S/C15H16N2O4S/c16-22(20,21)9-10-7-15(19)17(8-10)13-5-1-4-12-11(13)3-2-6-14(12)18/h1-6,10,18H,7-9H2,(H2,16,20,21). The summed E-state index contributed by atoms with van der Waals surface area (Å²) in [6.07, 6.45) is 0.158. The number of benzene rings is 2. The highest BCUT2D eigenvalue weighted by Crippen LogP contribution is 2.35. The molecule has 2 aromatic carbocycles. The van der Waals surface area contributed by atoms with Crippen molar-refractivity contribution in [3.63, 3.8) is 0 Å². The van der Waals surface area contributed by atoms with E-state index in [-0.39, 0.29) is 29.7 Å². The zero-order chi connectivity index (χ0) is 15.9. The highest BCUT2D eigenvalue weighted by Gasteiger charge is 2.33. The van der Waals surface area contributed by atoms with Gasteiger partial charge in [-0.15, -0.1) is 0 Å². The molecule has 1 unspecified atom stereocenters. The van der Waals surface area contributed by atoms with Gasteiger partial charge < -0.3 is 10.0 Å². The first-order chi connectivity index (χ1) is 10.3. The van der Waals surface area contributed by atoms with Gasteiger partial charge >= 0.3 is 0 Å². The van der Waals surface area contributed by atoms with Crippen LogP contribution >= 0.6 is 0 Å². The number of sulfonamides is 1. The van der Waals surface area contributed by atoms with Crippen molar-refractivity contribution in [3.8, 4) is 5.75 Å². The van der Waals surface area contributed by atoms with Crippen molar-refractivity contribution in [2.45, 2.75) is 6.42 Å². The van der Waals surface area contributed by atoms with E-state index in [1.54, 1.807) is 35.2 Å². The highest BCUT2D eigenvalue weighted by molar-refractivity contribution is 7.89. The van der Waals surface area contributed by atoms with Crippen LogP contribution in [0.2, 0.25) is 0 Å². The molecule has 1 atom stereocenters. The maximum absolute atomic E-state index is 12.2. The number of phenols is 1. The summed E-state index contributed by atoms with van der Waals surface area (Å²) in [6, 6.07) is 10.4. The fourth-order valence-electron chi connectivity index (χ4n) is 2.97. The first-order valence-electron chi connectivity index (χ1n) is 6.87. The Balaban J connectivity index is 1.98. The van der Waals surface area contributed by atoms with Crippen LogP contribution in [-0.2, 0) is 14.8 Å². The molecular formula is C15H16N2O4S. The maximum Gasteiger partial charge on any atom is 0.227 e. The SMILES string of the molecule is NS(=O)(=O)CC1CC(=O)N(c2cccc3c(O)cccc23)C1. The second kappa shape index (κ2) is 5.26. The number of carbonyl (C=O) groups excluding carboxylic acids is 1. The Morgan fingerprint density at radius 2 is 1.86 bits per heavy atom. The second-order valence-corrected chi connectivity index (χ2v) is 7.21. The molecule has 0 aliphatic carbocycles. The summed E-state index contributed by atoms with van der Waals surface area (Å²) in [5.41, 5.74) is 0.676. The van der Waals surface area contributed by atoms with Crippen LogP contribution in [0.5, 0.6) is 5.75 Å². The molecule has 0 aromatic heterocycles. The number of carbonyl (C=O) groups is 1. The van der Waals surface area contributed by atoms with Gasteiger partial charge in [-0.25, -0.2) is 13.6 Å². The maximum atomic E-state index is 12.2. The van der Waals surface area contributed by atoms with Crippen molar-refractivity contribution in [2.75, 3.05) is 17.2 Å². The third-order valence-electron chi connectivity index (χ3n) is 3.84. The number of primary sulfonamides is 1. The lowest BCUT2D eigenvalue weighted by Gasteiger charge is -2.19. The van der Waals surface area contributed by atoms with Gasteiger partial charge in [0.25, 0.3) is 0 Å². The Bertz CT molecular complexity index is 848. The largest absolute Gasteiger partial charge is 0.507 e. The first-order valence-corrected chi connectivity index (χ1v) is 8.58. The van der Waals surface area contributed by atoms with Gasteiger partial charge in [-0.05, 0) is 12.1 Å². The predicted octanol–water partition coefficient (Wildman–Crippen LogP) is 1.19. The Labute approximate surface area is 128 Å². The van der Waals surface area contributed by atoms with Crippen molar-refractivity contribution in [2.24, 2.45) is 11.1 Å². The number of aromatic hydroxyl groups is 1. The van der Waals surface area contributed by atoms with Crippen LogP contribution in [0.4, 0.5) is 5.69 Å². The summed E-state index contributed by atoms with van der Waals surface area (Å²) in [6.45, 7) is 0.310. The van der Waals surface area contributed by atoms with Gasteiger partial charge in [0.1, 0.15) is 5.75 Å². The van der Waals surface area contributed by atoms with Gasteiger partial charge in [0.05, 0.1) is 11.4 Å². The molecule has 3 N–H and O–H groups in total. The molecule has 1 fully saturated rings. The van der Waals surface area contributed by atoms with Crippen molar-refractivity contribution in [3.05, 3.63) is 36.4 Å². The normalized spacial score (nSPS) is 19.0. The number of phenolic OH excluding ortho intramolecular Hbond substituents is 1. The van der Waals surface area contributed by atoms with Gasteiger partial charge in [0.15, 0.2) is 0 Å². The summed E-state index contributed by atoms with van der Waals surface area (Å²) in [5.74, 6) is -0.503.